The number of hydrogen-bond acceptors (Lipinski definition) is 6. The van der Waals surface area contributed by atoms with E-state index in [-0.39, 0.29) is 35.4 Å². The molecule has 0 unspecified atom stereocenters. The summed E-state index contributed by atoms with van der Waals surface area (Å²) >= 11 is 6.20. The van der Waals surface area contributed by atoms with Gasteiger partial charge in [-0.1, -0.05) is 17.7 Å². The summed E-state index contributed by atoms with van der Waals surface area (Å²) in [6.07, 6.45) is 1.11. The van der Waals surface area contributed by atoms with Crippen LogP contribution in [0.4, 0.5) is 5.69 Å². The minimum absolute atomic E-state index is 0.121. The zero-order valence-electron chi connectivity index (χ0n) is 14.4. The van der Waals surface area contributed by atoms with Gasteiger partial charge in [-0.3, -0.25) is 19.4 Å². The van der Waals surface area contributed by atoms with Gasteiger partial charge < -0.3 is 14.8 Å². The van der Waals surface area contributed by atoms with Crippen molar-refractivity contribution in [2.75, 3.05) is 19.8 Å². The molecule has 0 saturated heterocycles. The van der Waals surface area contributed by atoms with Crippen LogP contribution >= 0.6 is 11.6 Å². The van der Waals surface area contributed by atoms with E-state index >= 15 is 0 Å². The van der Waals surface area contributed by atoms with Crippen molar-refractivity contribution < 1.29 is 23.9 Å². The van der Waals surface area contributed by atoms with Gasteiger partial charge in [0.1, 0.15) is 0 Å². The van der Waals surface area contributed by atoms with Crippen LogP contribution in [0, 0.1) is 5.92 Å². The number of rotatable bonds is 8. The first-order valence-corrected chi connectivity index (χ1v) is 8.28. The van der Waals surface area contributed by atoms with Gasteiger partial charge in [-0.05, 0) is 32.9 Å². The molecule has 8 heteroatoms. The molecule has 1 aromatic carbocycles. The number of nitrogens with zero attached hydrogens (tertiary/aromatic N) is 1. The number of nitrogens with one attached hydrogen (secondary N) is 1. The first kappa shape index (κ1) is 20.6. The van der Waals surface area contributed by atoms with Crippen LogP contribution in [0.3, 0.4) is 0 Å². The highest BCUT2D eigenvalue weighted by Gasteiger charge is 2.28. The van der Waals surface area contributed by atoms with Crippen molar-refractivity contribution in [1.29, 1.82) is 0 Å². The summed E-state index contributed by atoms with van der Waals surface area (Å²) in [5.74, 6) is -3.16. The second kappa shape index (κ2) is 10.5. The number of halogens is 1. The Balaban J connectivity index is 3.10. The molecule has 25 heavy (non-hydrogen) atoms. The second-order valence-electron chi connectivity index (χ2n) is 4.76. The Morgan fingerprint density at radius 2 is 1.76 bits per heavy atom. The number of carbonyl (C=O) groups excluding carboxylic acids is 3. The molecule has 0 saturated carbocycles. The standard InChI is InChI=1S/C17H21ClN2O5/c1-4-19-15(21)11-8-7-9-13(14(11)18)20-10-12(16(22)24-5-2)17(23)25-6-3/h7-10,12H,4-6H2,1-3H3,(H,19,21). The lowest BCUT2D eigenvalue weighted by atomic mass is 10.1. The predicted molar refractivity (Wildman–Crippen MR) is 94.4 cm³/mol. The number of benzene rings is 1. The minimum Gasteiger partial charge on any atom is -0.465 e. The van der Waals surface area contributed by atoms with E-state index in [1.807, 2.05) is 0 Å². The zero-order valence-corrected chi connectivity index (χ0v) is 15.1. The maximum atomic E-state index is 11.9. The second-order valence-corrected chi connectivity index (χ2v) is 5.14. The highest BCUT2D eigenvalue weighted by atomic mass is 35.5. The molecule has 1 rings (SSSR count). The Hall–Kier alpha value is -2.41. The Morgan fingerprint density at radius 3 is 2.28 bits per heavy atom. The van der Waals surface area contributed by atoms with E-state index in [1.165, 1.54) is 0 Å². The third-order valence-corrected chi connectivity index (χ3v) is 3.40. The molecular weight excluding hydrogens is 348 g/mol. The van der Waals surface area contributed by atoms with E-state index in [4.69, 9.17) is 21.1 Å². The molecule has 1 amide bonds. The lowest BCUT2D eigenvalue weighted by Gasteiger charge is -2.10. The maximum Gasteiger partial charge on any atom is 0.325 e. The number of amides is 1. The van der Waals surface area contributed by atoms with Gasteiger partial charge in [0, 0.05) is 12.8 Å². The lowest BCUT2D eigenvalue weighted by molar-refractivity contribution is -0.157. The molecule has 0 aliphatic carbocycles. The predicted octanol–water partition coefficient (Wildman–Crippen LogP) is 2.53. The smallest absolute Gasteiger partial charge is 0.325 e. The molecular formula is C17H21ClN2O5. The van der Waals surface area contributed by atoms with Crippen molar-refractivity contribution >= 4 is 41.3 Å². The third-order valence-electron chi connectivity index (χ3n) is 3.00. The van der Waals surface area contributed by atoms with Gasteiger partial charge in [0.2, 0.25) is 0 Å². The monoisotopic (exact) mass is 368 g/mol. The van der Waals surface area contributed by atoms with Crippen molar-refractivity contribution in [2.45, 2.75) is 20.8 Å². The van der Waals surface area contributed by atoms with Gasteiger partial charge in [0.05, 0.1) is 29.5 Å². The normalized spacial score (nSPS) is 10.8. The van der Waals surface area contributed by atoms with Gasteiger partial charge in [0.15, 0.2) is 5.92 Å². The van der Waals surface area contributed by atoms with Gasteiger partial charge in [0.25, 0.3) is 5.91 Å². The average Bonchev–Trinajstić information content (AvgIpc) is 2.57. The first-order valence-electron chi connectivity index (χ1n) is 7.90. The highest BCUT2D eigenvalue weighted by Crippen LogP contribution is 2.28. The van der Waals surface area contributed by atoms with Gasteiger partial charge >= 0.3 is 11.9 Å². The molecule has 0 atom stereocenters. The fourth-order valence-corrected chi connectivity index (χ4v) is 2.15. The van der Waals surface area contributed by atoms with Crippen LogP contribution in [0.15, 0.2) is 23.2 Å². The molecule has 7 nitrogen and oxygen atoms in total. The van der Waals surface area contributed by atoms with E-state index in [1.54, 1.807) is 39.0 Å². The summed E-state index contributed by atoms with van der Waals surface area (Å²) in [4.78, 5) is 39.9. The molecule has 0 aromatic heterocycles. The number of hydrogen-bond donors (Lipinski definition) is 1. The number of ether oxygens (including phenoxy) is 2. The summed E-state index contributed by atoms with van der Waals surface area (Å²) in [6.45, 7) is 5.74. The quantitative estimate of drug-likeness (QED) is 0.432. The van der Waals surface area contributed by atoms with Crippen LogP contribution in [-0.2, 0) is 19.1 Å². The van der Waals surface area contributed by atoms with Gasteiger partial charge in [-0.25, -0.2) is 0 Å². The van der Waals surface area contributed by atoms with Crippen molar-refractivity contribution in [3.8, 4) is 0 Å². The van der Waals surface area contributed by atoms with Crippen LogP contribution < -0.4 is 5.32 Å². The molecule has 136 valence electrons. The van der Waals surface area contributed by atoms with Gasteiger partial charge in [-0.2, -0.15) is 0 Å². The number of carbonyl (C=O) groups is 3. The summed E-state index contributed by atoms with van der Waals surface area (Å²) in [7, 11) is 0. The molecule has 0 heterocycles. The summed E-state index contributed by atoms with van der Waals surface area (Å²) in [6, 6.07) is 4.72. The van der Waals surface area contributed by atoms with Crippen molar-refractivity contribution in [3.63, 3.8) is 0 Å². The van der Waals surface area contributed by atoms with Crippen LogP contribution in [0.5, 0.6) is 0 Å². The molecule has 0 aliphatic rings. The zero-order chi connectivity index (χ0) is 18.8. The molecule has 0 spiro atoms. The van der Waals surface area contributed by atoms with Crippen LogP contribution in [-0.4, -0.2) is 43.8 Å². The number of esters is 2. The largest absolute Gasteiger partial charge is 0.465 e. The van der Waals surface area contributed by atoms with E-state index < -0.39 is 17.9 Å². The Labute approximate surface area is 151 Å². The molecule has 0 fully saturated rings. The summed E-state index contributed by atoms with van der Waals surface area (Å²) < 4.78 is 9.71. The van der Waals surface area contributed by atoms with Gasteiger partial charge in [-0.15, -0.1) is 0 Å². The van der Waals surface area contributed by atoms with E-state index in [2.05, 4.69) is 10.3 Å². The Kier molecular flexibility index (Phi) is 8.63. The molecule has 0 bridgehead atoms. The summed E-state index contributed by atoms with van der Waals surface area (Å²) in [5.41, 5.74) is 0.506. The first-order chi connectivity index (χ1) is 12.0. The van der Waals surface area contributed by atoms with E-state index in [9.17, 15) is 14.4 Å². The lowest BCUT2D eigenvalue weighted by Crippen LogP contribution is -2.29. The van der Waals surface area contributed by atoms with Crippen molar-refractivity contribution in [1.82, 2.24) is 5.32 Å². The minimum atomic E-state index is -1.30. The maximum absolute atomic E-state index is 11.9. The fourth-order valence-electron chi connectivity index (χ4n) is 1.89. The SMILES string of the molecule is CCNC(=O)c1cccc(N=CC(C(=O)OCC)C(=O)OCC)c1Cl. The molecule has 1 N–H and O–H groups in total. The molecule has 0 radical (unpaired) electrons. The fraction of sp³-hybridized carbons (Fsp3) is 0.412. The Morgan fingerprint density at radius 1 is 1.16 bits per heavy atom. The van der Waals surface area contributed by atoms with Crippen LogP contribution in [0.25, 0.3) is 0 Å². The molecule has 1 aromatic rings. The highest BCUT2D eigenvalue weighted by molar-refractivity contribution is 6.36. The van der Waals surface area contributed by atoms with Crippen molar-refractivity contribution in [3.05, 3.63) is 28.8 Å². The van der Waals surface area contributed by atoms with Crippen LogP contribution in [0.2, 0.25) is 5.02 Å². The average molecular weight is 369 g/mol. The topological polar surface area (TPSA) is 94.1 Å². The third kappa shape index (κ3) is 5.86. The van der Waals surface area contributed by atoms with Crippen molar-refractivity contribution in [2.24, 2.45) is 10.9 Å². The van der Waals surface area contributed by atoms with E-state index in [0.717, 1.165) is 6.21 Å². The van der Waals surface area contributed by atoms with Crippen LogP contribution in [0.1, 0.15) is 31.1 Å². The molecule has 0 aliphatic heterocycles. The van der Waals surface area contributed by atoms with E-state index in [0.29, 0.717) is 6.54 Å². The summed E-state index contributed by atoms with van der Waals surface area (Å²) in [5, 5.41) is 2.76. The number of aliphatic imine (C=N–C) groups is 1. The Bertz CT molecular complexity index is 642.